The van der Waals surface area contributed by atoms with Crippen LogP contribution in [0, 0.1) is 11.8 Å². The van der Waals surface area contributed by atoms with Gasteiger partial charge in [-0.15, -0.1) is 0 Å². The van der Waals surface area contributed by atoms with Crippen molar-refractivity contribution in [3.05, 3.63) is 34.6 Å². The van der Waals surface area contributed by atoms with E-state index in [1.165, 1.54) is 0 Å². The fraction of sp³-hybridized carbons (Fsp3) is 0.650. The molecule has 0 saturated carbocycles. The molecular formula is C20H32O5. The lowest BCUT2D eigenvalue weighted by molar-refractivity contribution is -0.120. The maximum Gasteiger partial charge on any atom is 0.167 e. The Bertz CT molecular complexity index is 591. The Morgan fingerprint density at radius 1 is 1.16 bits per heavy atom. The van der Waals surface area contributed by atoms with Crippen LogP contribution in [-0.2, 0) is 4.79 Å². The van der Waals surface area contributed by atoms with Gasteiger partial charge in [-0.1, -0.05) is 37.1 Å². The Morgan fingerprint density at radius 2 is 1.68 bits per heavy atom. The van der Waals surface area contributed by atoms with Crippen molar-refractivity contribution in [2.24, 2.45) is 11.8 Å². The van der Waals surface area contributed by atoms with E-state index in [4.69, 9.17) is 0 Å². The largest absolute Gasteiger partial charge is 0.509 e. The number of hydrogen-bond donors (Lipinski definition) is 4. The van der Waals surface area contributed by atoms with Crippen molar-refractivity contribution < 1.29 is 25.2 Å². The van der Waals surface area contributed by atoms with E-state index >= 15 is 0 Å². The molecule has 0 aromatic carbocycles. The predicted octanol–water partition coefficient (Wildman–Crippen LogP) is 2.82. The maximum absolute atomic E-state index is 12.4. The van der Waals surface area contributed by atoms with Crippen LogP contribution in [0.3, 0.4) is 0 Å². The Morgan fingerprint density at radius 3 is 2.12 bits per heavy atom. The van der Waals surface area contributed by atoms with Crippen LogP contribution in [0.15, 0.2) is 34.6 Å². The van der Waals surface area contributed by atoms with Gasteiger partial charge in [0.15, 0.2) is 11.4 Å². The molecule has 4 N–H and O–H groups in total. The average molecular weight is 352 g/mol. The average Bonchev–Trinajstić information content (AvgIpc) is 2.69. The van der Waals surface area contributed by atoms with Gasteiger partial charge < -0.3 is 20.4 Å². The van der Waals surface area contributed by atoms with Crippen molar-refractivity contribution in [1.82, 2.24) is 0 Å². The first kappa shape index (κ1) is 21.6. The third kappa shape index (κ3) is 4.40. The minimum Gasteiger partial charge on any atom is -0.509 e. The van der Waals surface area contributed by atoms with Crippen LogP contribution in [0.1, 0.15) is 54.4 Å². The summed E-state index contributed by atoms with van der Waals surface area (Å²) >= 11 is 0. The van der Waals surface area contributed by atoms with Gasteiger partial charge in [-0.2, -0.15) is 0 Å². The van der Waals surface area contributed by atoms with Crippen LogP contribution in [0.2, 0.25) is 0 Å². The number of carbonyl (C=O) groups excluding carboxylic acids is 1. The minimum absolute atomic E-state index is 0.115. The van der Waals surface area contributed by atoms with E-state index in [0.717, 1.165) is 11.1 Å². The molecule has 0 aliphatic heterocycles. The highest BCUT2D eigenvalue weighted by molar-refractivity contribution is 5.99. The monoisotopic (exact) mass is 352 g/mol. The molecule has 5 heteroatoms. The third-order valence-electron chi connectivity index (χ3n) is 4.70. The molecule has 1 aliphatic rings. The summed E-state index contributed by atoms with van der Waals surface area (Å²) in [6.07, 6.45) is 1.28. The molecule has 4 atom stereocenters. The highest BCUT2D eigenvalue weighted by Crippen LogP contribution is 2.45. The number of hydrogen-bond acceptors (Lipinski definition) is 5. The van der Waals surface area contributed by atoms with E-state index in [1.807, 2.05) is 33.8 Å². The fourth-order valence-corrected chi connectivity index (χ4v) is 3.15. The highest BCUT2D eigenvalue weighted by atomic mass is 16.4. The van der Waals surface area contributed by atoms with Crippen molar-refractivity contribution in [3.63, 3.8) is 0 Å². The van der Waals surface area contributed by atoms with Gasteiger partial charge in [-0.05, 0) is 40.5 Å². The second-order valence-corrected chi connectivity index (χ2v) is 7.71. The van der Waals surface area contributed by atoms with Crippen LogP contribution in [0.4, 0.5) is 0 Å². The zero-order valence-electron chi connectivity index (χ0n) is 16.1. The number of Topliss-reactive ketones (excluding diaryl/α,β-unsaturated/α-hetero) is 1. The number of aliphatic hydroxyl groups excluding tert-OH is 3. The smallest absolute Gasteiger partial charge is 0.167 e. The van der Waals surface area contributed by atoms with Crippen LogP contribution < -0.4 is 0 Å². The predicted molar refractivity (Wildman–Crippen MR) is 98.0 cm³/mol. The van der Waals surface area contributed by atoms with Crippen LogP contribution in [0.5, 0.6) is 0 Å². The number of carbonyl (C=O) groups is 1. The summed E-state index contributed by atoms with van der Waals surface area (Å²) in [7, 11) is 0. The molecule has 0 bridgehead atoms. The van der Waals surface area contributed by atoms with Gasteiger partial charge in [0.25, 0.3) is 0 Å². The standard InChI is InChI=1S/C20H32O5/c1-11(2)7-9-14-18(23)16(17(22)13(5)6)19(24)20(14,25)15(21)10-8-12(3)4/h7-8,13-15,18,21,23-25H,9-10H2,1-6H3. The van der Waals surface area contributed by atoms with Gasteiger partial charge >= 0.3 is 0 Å². The number of aliphatic hydroxyl groups is 4. The molecule has 5 nitrogen and oxygen atoms in total. The zero-order valence-corrected chi connectivity index (χ0v) is 16.1. The molecule has 4 unspecified atom stereocenters. The summed E-state index contributed by atoms with van der Waals surface area (Å²) in [6, 6.07) is 0. The van der Waals surface area contributed by atoms with Gasteiger partial charge in [-0.25, -0.2) is 0 Å². The lowest BCUT2D eigenvalue weighted by atomic mass is 9.79. The molecule has 0 spiro atoms. The third-order valence-corrected chi connectivity index (χ3v) is 4.70. The topological polar surface area (TPSA) is 98.0 Å². The van der Waals surface area contributed by atoms with Crippen molar-refractivity contribution in [2.45, 2.75) is 72.2 Å². The lowest BCUT2D eigenvalue weighted by Gasteiger charge is -2.35. The summed E-state index contributed by atoms with van der Waals surface area (Å²) in [5.74, 6) is -2.34. The first-order chi connectivity index (χ1) is 11.4. The Hall–Kier alpha value is -1.43. The molecule has 0 aromatic rings. The van der Waals surface area contributed by atoms with Gasteiger partial charge in [0, 0.05) is 11.8 Å². The molecule has 0 amide bonds. The first-order valence-electron chi connectivity index (χ1n) is 8.77. The lowest BCUT2D eigenvalue weighted by Crippen LogP contribution is -2.50. The molecule has 1 rings (SSSR count). The molecule has 0 aromatic heterocycles. The van der Waals surface area contributed by atoms with Crippen LogP contribution >= 0.6 is 0 Å². The zero-order chi connectivity index (χ0) is 19.5. The minimum atomic E-state index is -2.06. The molecule has 142 valence electrons. The van der Waals surface area contributed by atoms with Gasteiger partial charge in [0.2, 0.25) is 0 Å². The van der Waals surface area contributed by atoms with E-state index in [9.17, 15) is 25.2 Å². The Balaban J connectivity index is 3.39. The van der Waals surface area contributed by atoms with Crippen LogP contribution in [-0.4, -0.2) is 44.0 Å². The normalized spacial score (nSPS) is 27.4. The van der Waals surface area contributed by atoms with Crippen molar-refractivity contribution >= 4 is 5.78 Å². The van der Waals surface area contributed by atoms with Gasteiger partial charge in [0.1, 0.15) is 5.76 Å². The summed E-state index contributed by atoms with van der Waals surface area (Å²) in [5.41, 5.74) is -0.293. The summed E-state index contributed by atoms with van der Waals surface area (Å²) in [6.45, 7) is 10.8. The fourth-order valence-electron chi connectivity index (χ4n) is 3.15. The van der Waals surface area contributed by atoms with Crippen molar-refractivity contribution in [2.75, 3.05) is 0 Å². The quantitative estimate of drug-likeness (QED) is 0.528. The molecule has 25 heavy (non-hydrogen) atoms. The second kappa shape index (κ2) is 8.30. The molecule has 0 radical (unpaired) electrons. The second-order valence-electron chi connectivity index (χ2n) is 7.71. The van der Waals surface area contributed by atoms with Gasteiger partial charge in [0.05, 0.1) is 17.8 Å². The number of allylic oxidation sites excluding steroid dienone is 3. The van der Waals surface area contributed by atoms with Gasteiger partial charge in [-0.3, -0.25) is 4.79 Å². The first-order valence-corrected chi connectivity index (χ1v) is 8.77. The molecule has 0 heterocycles. The maximum atomic E-state index is 12.4. The van der Waals surface area contributed by atoms with Crippen molar-refractivity contribution in [3.8, 4) is 0 Å². The van der Waals surface area contributed by atoms with Crippen molar-refractivity contribution in [1.29, 1.82) is 0 Å². The number of rotatable bonds is 7. The SMILES string of the molecule is CC(C)=CCC(O)C1(O)C(O)=C(C(=O)C(C)C)C(O)C1CC=C(C)C. The van der Waals surface area contributed by atoms with E-state index < -0.39 is 41.2 Å². The molecular weight excluding hydrogens is 320 g/mol. The summed E-state index contributed by atoms with van der Waals surface area (Å²) in [4.78, 5) is 12.4. The van der Waals surface area contributed by atoms with E-state index in [-0.39, 0.29) is 18.4 Å². The summed E-state index contributed by atoms with van der Waals surface area (Å²) < 4.78 is 0. The van der Waals surface area contributed by atoms with E-state index in [2.05, 4.69) is 0 Å². The molecule has 0 fully saturated rings. The van der Waals surface area contributed by atoms with E-state index in [1.54, 1.807) is 19.9 Å². The number of ketones is 1. The molecule has 1 aliphatic carbocycles. The highest BCUT2D eigenvalue weighted by Gasteiger charge is 2.57. The Labute approximate surface area is 150 Å². The van der Waals surface area contributed by atoms with E-state index in [0.29, 0.717) is 0 Å². The van der Waals surface area contributed by atoms with Crippen LogP contribution in [0.25, 0.3) is 0 Å². The molecule has 0 saturated heterocycles. The summed E-state index contributed by atoms with van der Waals surface area (Å²) in [5, 5.41) is 43.0. The Kier molecular flexibility index (Phi) is 7.18.